The van der Waals surface area contributed by atoms with E-state index in [-0.39, 0.29) is 5.91 Å². The minimum atomic E-state index is -0.526. The molecule has 27 heavy (non-hydrogen) atoms. The Labute approximate surface area is 156 Å². The number of aromatic nitrogens is 2. The number of nitrogens with zero attached hydrogens (tertiary/aromatic N) is 3. The van der Waals surface area contributed by atoms with E-state index in [4.69, 9.17) is 5.73 Å². The van der Waals surface area contributed by atoms with Gasteiger partial charge in [0.25, 0.3) is 5.91 Å². The van der Waals surface area contributed by atoms with E-state index in [1.807, 2.05) is 35.7 Å². The fourth-order valence-corrected chi connectivity index (χ4v) is 3.40. The highest BCUT2D eigenvalue weighted by atomic mass is 16.2. The summed E-state index contributed by atoms with van der Waals surface area (Å²) in [6.07, 6.45) is 5.78. The molecule has 1 fully saturated rings. The smallest absolute Gasteiger partial charge is 0.275 e. The second kappa shape index (κ2) is 6.75. The van der Waals surface area contributed by atoms with Crippen LogP contribution >= 0.6 is 0 Å². The number of nitrogens with two attached hydrogens (primary N) is 1. The maximum absolute atomic E-state index is 12.8. The summed E-state index contributed by atoms with van der Waals surface area (Å²) in [6.45, 7) is 3.82. The van der Waals surface area contributed by atoms with E-state index in [9.17, 15) is 9.59 Å². The number of primary amides is 1. The average Bonchev–Trinajstić information content (AvgIpc) is 3.30. The number of benzene rings is 1. The molecule has 2 amide bonds. The number of fused-ring (bicyclic) bond motifs is 1. The maximum Gasteiger partial charge on any atom is 0.275 e. The van der Waals surface area contributed by atoms with Gasteiger partial charge in [-0.2, -0.15) is 0 Å². The number of pyridine rings is 1. The molecule has 0 saturated carbocycles. The number of amides is 2. The van der Waals surface area contributed by atoms with E-state index >= 15 is 0 Å². The summed E-state index contributed by atoms with van der Waals surface area (Å²) in [5.74, 6) is -0.847. The third-order valence-electron chi connectivity index (χ3n) is 4.82. The quantitative estimate of drug-likeness (QED) is 0.745. The van der Waals surface area contributed by atoms with Crippen LogP contribution in [0.15, 0.2) is 42.7 Å². The number of hydrogen-bond donors (Lipinski definition) is 2. The topological polar surface area (TPSA) is 92.7 Å². The van der Waals surface area contributed by atoms with Crippen molar-refractivity contribution < 1.29 is 9.59 Å². The summed E-state index contributed by atoms with van der Waals surface area (Å²) < 4.78 is 1.81. The molecule has 0 spiro atoms. The van der Waals surface area contributed by atoms with Crippen LogP contribution in [0.1, 0.15) is 39.3 Å². The predicted molar refractivity (Wildman–Crippen MR) is 104 cm³/mol. The van der Waals surface area contributed by atoms with Crippen molar-refractivity contribution in [1.29, 1.82) is 0 Å². The Morgan fingerprint density at radius 2 is 1.93 bits per heavy atom. The molecule has 0 atom stereocenters. The van der Waals surface area contributed by atoms with Gasteiger partial charge in [-0.25, -0.2) is 4.98 Å². The number of carbonyl (C=O) groups excluding carboxylic acids is 2. The van der Waals surface area contributed by atoms with Crippen LogP contribution in [0.4, 0.5) is 11.4 Å². The van der Waals surface area contributed by atoms with Crippen LogP contribution in [0.5, 0.6) is 0 Å². The van der Waals surface area contributed by atoms with Crippen molar-refractivity contribution in [2.75, 3.05) is 23.3 Å². The molecule has 0 unspecified atom stereocenters. The molecule has 0 bridgehead atoms. The van der Waals surface area contributed by atoms with Crippen molar-refractivity contribution in [3.8, 4) is 0 Å². The van der Waals surface area contributed by atoms with Gasteiger partial charge in [0.15, 0.2) is 0 Å². The van der Waals surface area contributed by atoms with Crippen LogP contribution in [0.2, 0.25) is 0 Å². The molecule has 7 heteroatoms. The zero-order chi connectivity index (χ0) is 19.0. The normalized spacial score (nSPS) is 13.9. The molecule has 3 N–H and O–H groups in total. The lowest BCUT2D eigenvalue weighted by molar-refractivity contribution is 0.0995. The number of carbonyl (C=O) groups is 2. The van der Waals surface area contributed by atoms with Crippen LogP contribution in [-0.2, 0) is 0 Å². The fourth-order valence-electron chi connectivity index (χ4n) is 3.40. The van der Waals surface area contributed by atoms with Gasteiger partial charge in [-0.3, -0.25) is 9.59 Å². The summed E-state index contributed by atoms with van der Waals surface area (Å²) in [6, 6.07) is 9.04. The van der Waals surface area contributed by atoms with Crippen molar-refractivity contribution in [2.45, 2.75) is 19.8 Å². The van der Waals surface area contributed by atoms with Crippen molar-refractivity contribution >= 4 is 28.8 Å². The molecule has 3 heterocycles. The predicted octanol–water partition coefficient (Wildman–Crippen LogP) is 2.59. The lowest BCUT2D eigenvalue weighted by Gasteiger charge is -2.22. The van der Waals surface area contributed by atoms with Gasteiger partial charge < -0.3 is 20.4 Å². The molecule has 1 aromatic carbocycles. The number of aryl methyl sites for hydroxylation is 1. The van der Waals surface area contributed by atoms with E-state index in [1.54, 1.807) is 18.3 Å². The fraction of sp³-hybridized carbons (Fsp3) is 0.250. The Morgan fingerprint density at radius 3 is 2.67 bits per heavy atom. The highest BCUT2D eigenvalue weighted by molar-refractivity contribution is 6.06. The number of hydrogen-bond acceptors (Lipinski definition) is 4. The van der Waals surface area contributed by atoms with E-state index in [2.05, 4.69) is 15.2 Å². The summed E-state index contributed by atoms with van der Waals surface area (Å²) >= 11 is 0. The van der Waals surface area contributed by atoms with Gasteiger partial charge >= 0.3 is 0 Å². The molecular formula is C20H21N5O2. The van der Waals surface area contributed by atoms with E-state index in [1.165, 1.54) is 0 Å². The Morgan fingerprint density at radius 1 is 1.15 bits per heavy atom. The zero-order valence-electron chi connectivity index (χ0n) is 15.1. The first-order chi connectivity index (χ1) is 13.0. The minimum absolute atomic E-state index is 0.317. The molecule has 138 valence electrons. The molecule has 3 aromatic rings. The first-order valence-electron chi connectivity index (χ1n) is 8.97. The number of anilines is 2. The molecule has 1 saturated heterocycles. The Bertz CT molecular complexity index is 1030. The summed E-state index contributed by atoms with van der Waals surface area (Å²) in [5, 5.41) is 2.91. The van der Waals surface area contributed by atoms with E-state index in [0.29, 0.717) is 22.6 Å². The third kappa shape index (κ3) is 3.36. The number of rotatable bonds is 4. The average molecular weight is 363 g/mol. The third-order valence-corrected chi connectivity index (χ3v) is 4.82. The summed E-state index contributed by atoms with van der Waals surface area (Å²) in [5.41, 5.74) is 9.35. The van der Waals surface area contributed by atoms with Crippen molar-refractivity contribution in [1.82, 2.24) is 9.38 Å². The lowest BCUT2D eigenvalue weighted by atomic mass is 10.1. The highest BCUT2D eigenvalue weighted by Crippen LogP contribution is 2.30. The number of nitrogens with one attached hydrogen (secondary N) is 1. The van der Waals surface area contributed by atoms with Crippen LogP contribution in [0.25, 0.3) is 5.65 Å². The van der Waals surface area contributed by atoms with Gasteiger partial charge in [0.1, 0.15) is 11.3 Å². The monoisotopic (exact) mass is 363 g/mol. The second-order valence-electron chi connectivity index (χ2n) is 6.84. The molecule has 4 rings (SSSR count). The van der Waals surface area contributed by atoms with Crippen LogP contribution in [0, 0.1) is 6.92 Å². The largest absolute Gasteiger partial charge is 0.370 e. The summed E-state index contributed by atoms with van der Waals surface area (Å²) in [4.78, 5) is 31.0. The summed E-state index contributed by atoms with van der Waals surface area (Å²) in [7, 11) is 0. The molecule has 7 nitrogen and oxygen atoms in total. The first-order valence-corrected chi connectivity index (χ1v) is 8.97. The molecule has 1 aliphatic heterocycles. The van der Waals surface area contributed by atoms with E-state index < -0.39 is 5.91 Å². The van der Waals surface area contributed by atoms with Gasteiger partial charge in [0.2, 0.25) is 5.91 Å². The van der Waals surface area contributed by atoms with Gasteiger partial charge in [-0.1, -0.05) is 0 Å². The van der Waals surface area contributed by atoms with Crippen LogP contribution in [-0.4, -0.2) is 34.3 Å². The lowest BCUT2D eigenvalue weighted by Crippen LogP contribution is -2.22. The van der Waals surface area contributed by atoms with Gasteiger partial charge in [0, 0.05) is 31.0 Å². The van der Waals surface area contributed by atoms with E-state index in [0.717, 1.165) is 37.2 Å². The Hall–Kier alpha value is -3.35. The van der Waals surface area contributed by atoms with Crippen molar-refractivity contribution in [2.24, 2.45) is 5.73 Å². The van der Waals surface area contributed by atoms with Gasteiger partial charge in [-0.05, 0) is 55.7 Å². The van der Waals surface area contributed by atoms with Gasteiger partial charge in [-0.15, -0.1) is 0 Å². The first kappa shape index (κ1) is 17.1. The molecule has 1 aliphatic rings. The number of imidazole rings is 1. The highest BCUT2D eigenvalue weighted by Gasteiger charge is 2.20. The molecular weight excluding hydrogens is 342 g/mol. The van der Waals surface area contributed by atoms with Gasteiger partial charge in [0.05, 0.1) is 11.4 Å². The van der Waals surface area contributed by atoms with Crippen molar-refractivity contribution in [3.63, 3.8) is 0 Å². The molecule has 0 aliphatic carbocycles. The molecule has 0 radical (unpaired) electrons. The maximum atomic E-state index is 12.8. The Kier molecular flexibility index (Phi) is 4.27. The standard InChI is InChI=1S/C20H21N5O2/c1-13-6-9-25-12-16(22-18(25)10-13)20(27)23-15-11-14(19(21)26)4-5-17(15)24-7-2-3-8-24/h4-6,9-12H,2-3,7-8H2,1H3,(H2,21,26)(H,23,27). The van der Waals surface area contributed by atoms with Crippen LogP contribution in [0.3, 0.4) is 0 Å². The van der Waals surface area contributed by atoms with Crippen LogP contribution < -0.4 is 16.0 Å². The van der Waals surface area contributed by atoms with Crippen molar-refractivity contribution in [3.05, 3.63) is 59.5 Å². The second-order valence-corrected chi connectivity index (χ2v) is 6.84. The Balaban J connectivity index is 1.67. The SMILES string of the molecule is Cc1ccn2cc(C(=O)Nc3cc(C(N)=O)ccc3N3CCCC3)nc2c1. The minimum Gasteiger partial charge on any atom is -0.370 e. The zero-order valence-corrected chi connectivity index (χ0v) is 15.1. The molecule has 2 aromatic heterocycles.